The highest BCUT2D eigenvalue weighted by atomic mass is 32.2. The van der Waals surface area contributed by atoms with Gasteiger partial charge in [0.05, 0.1) is 9.85 Å². The van der Waals surface area contributed by atoms with Crippen LogP contribution < -0.4 is 5.32 Å². The van der Waals surface area contributed by atoms with Crippen molar-refractivity contribution in [2.45, 2.75) is 22.6 Å². The first-order valence-electron chi connectivity index (χ1n) is 11.8. The minimum absolute atomic E-state index is 0.0225. The number of nitrogens with zero attached hydrogens (tertiary/aromatic N) is 4. The molecular weight excluding hydrogens is 542 g/mol. The minimum Gasteiger partial charge on any atom is -0.381 e. The van der Waals surface area contributed by atoms with Crippen LogP contribution in [0.5, 0.6) is 0 Å². The first-order chi connectivity index (χ1) is 18.1. The van der Waals surface area contributed by atoms with Gasteiger partial charge in [-0.25, -0.2) is 16.8 Å². The zero-order chi connectivity index (χ0) is 27.8. The van der Waals surface area contributed by atoms with Crippen LogP contribution in [0.15, 0.2) is 58.3 Å². The second-order valence-electron chi connectivity index (χ2n) is 8.33. The van der Waals surface area contributed by atoms with Crippen LogP contribution in [-0.4, -0.2) is 87.8 Å². The summed E-state index contributed by atoms with van der Waals surface area (Å²) in [7, 11) is -8.40. The normalized spacial score (nSPS) is 17.9. The predicted molar refractivity (Wildman–Crippen MR) is 137 cm³/mol. The third kappa shape index (κ3) is 7.09. The topological polar surface area (TPSA) is 182 Å². The van der Waals surface area contributed by atoms with E-state index >= 15 is 0 Å². The van der Waals surface area contributed by atoms with Crippen LogP contribution in [-0.2, 0) is 24.8 Å². The summed E-state index contributed by atoms with van der Waals surface area (Å²) < 4.78 is 61.0. The lowest BCUT2D eigenvalue weighted by atomic mass is 10.3. The average molecular weight is 572 g/mol. The Morgan fingerprint density at radius 1 is 0.684 bits per heavy atom. The summed E-state index contributed by atoms with van der Waals surface area (Å²) in [5.41, 5.74) is -1.04. The number of nitro groups is 2. The Bertz CT molecular complexity index is 1250. The highest BCUT2D eigenvalue weighted by Crippen LogP contribution is 2.27. The number of nitro benzene ring substituents is 2. The van der Waals surface area contributed by atoms with Gasteiger partial charge < -0.3 is 10.1 Å². The molecule has 0 saturated carbocycles. The van der Waals surface area contributed by atoms with Crippen molar-refractivity contribution in [3.63, 3.8) is 0 Å². The average Bonchev–Trinajstić information content (AvgIpc) is 2.89. The number of hydrogen-bond acceptors (Lipinski definition) is 10. The molecule has 2 aromatic rings. The van der Waals surface area contributed by atoms with Gasteiger partial charge in [0.2, 0.25) is 20.0 Å². The van der Waals surface area contributed by atoms with Crippen molar-refractivity contribution >= 4 is 31.4 Å². The SMILES string of the molecule is O=[N+]([O-])c1ccccc1S(=O)(=O)N1CCCOCCCN(S(=O)(=O)c2ccccc2[N+](=O)[O-])CCNCC1. The number of benzene rings is 2. The second-order valence-corrected chi connectivity index (χ2v) is 12.1. The van der Waals surface area contributed by atoms with E-state index in [2.05, 4.69) is 5.32 Å². The van der Waals surface area contributed by atoms with Gasteiger partial charge in [0.1, 0.15) is 0 Å². The third-order valence-corrected chi connectivity index (χ3v) is 9.72. The molecule has 1 saturated heterocycles. The number of nitrogens with one attached hydrogen (secondary N) is 1. The van der Waals surface area contributed by atoms with E-state index < -0.39 is 51.1 Å². The van der Waals surface area contributed by atoms with E-state index in [1.165, 1.54) is 36.4 Å². The van der Waals surface area contributed by atoms with E-state index in [1.54, 1.807) is 0 Å². The summed E-state index contributed by atoms with van der Waals surface area (Å²) in [5.74, 6) is 0. The summed E-state index contributed by atoms with van der Waals surface area (Å²) in [6, 6.07) is 10.2. The van der Waals surface area contributed by atoms with Crippen molar-refractivity contribution in [3.8, 4) is 0 Å². The monoisotopic (exact) mass is 571 g/mol. The van der Waals surface area contributed by atoms with Gasteiger partial charge in [-0.15, -0.1) is 0 Å². The van der Waals surface area contributed by atoms with Gasteiger partial charge in [-0.1, -0.05) is 24.3 Å². The van der Waals surface area contributed by atoms with Crippen molar-refractivity contribution in [2.75, 3.05) is 52.5 Å². The molecule has 0 aromatic heterocycles. The molecule has 2 aromatic carbocycles. The second kappa shape index (κ2) is 13.2. The standard InChI is InChI=1S/C22H29N5O9S2/c28-26(29)19-7-1-3-9-21(19)37(32,33)24-13-5-17-36-18-6-14-25(16-12-23-11-15-24)38(34,35)22-10-4-2-8-20(22)27(30)31/h1-4,7-10,23H,5-6,11-18H2. The van der Waals surface area contributed by atoms with Crippen LogP contribution in [0.25, 0.3) is 0 Å². The van der Waals surface area contributed by atoms with Crippen LogP contribution in [0.4, 0.5) is 11.4 Å². The Morgan fingerprint density at radius 2 is 1.08 bits per heavy atom. The van der Waals surface area contributed by atoms with E-state index in [0.29, 0.717) is 12.8 Å². The van der Waals surface area contributed by atoms with Crippen LogP contribution in [0, 0.1) is 20.2 Å². The van der Waals surface area contributed by atoms with Gasteiger partial charge in [0, 0.05) is 64.6 Å². The smallest absolute Gasteiger partial charge is 0.289 e. The molecule has 1 aliphatic heterocycles. The molecule has 0 atom stereocenters. The van der Waals surface area contributed by atoms with Crippen molar-refractivity contribution in [2.24, 2.45) is 0 Å². The highest BCUT2D eigenvalue weighted by Gasteiger charge is 2.32. The van der Waals surface area contributed by atoms with Gasteiger partial charge in [0.15, 0.2) is 9.79 Å². The van der Waals surface area contributed by atoms with Crippen LogP contribution in [0.3, 0.4) is 0 Å². The Kier molecular flexibility index (Phi) is 10.2. The van der Waals surface area contributed by atoms with Crippen molar-refractivity contribution < 1.29 is 31.4 Å². The van der Waals surface area contributed by atoms with E-state index in [-0.39, 0.29) is 52.5 Å². The molecule has 38 heavy (non-hydrogen) atoms. The Labute approximate surface area is 220 Å². The van der Waals surface area contributed by atoms with Gasteiger partial charge in [-0.2, -0.15) is 8.61 Å². The molecule has 0 unspecified atom stereocenters. The van der Waals surface area contributed by atoms with Crippen LogP contribution >= 0.6 is 0 Å². The maximum Gasteiger partial charge on any atom is 0.289 e. The minimum atomic E-state index is -4.20. The number of hydrogen-bond donors (Lipinski definition) is 1. The van der Waals surface area contributed by atoms with Crippen molar-refractivity contribution in [1.82, 2.24) is 13.9 Å². The molecule has 16 heteroatoms. The van der Waals surface area contributed by atoms with Crippen molar-refractivity contribution in [3.05, 3.63) is 68.8 Å². The lowest BCUT2D eigenvalue weighted by molar-refractivity contribution is -0.388. The molecule has 1 N–H and O–H groups in total. The molecule has 1 aliphatic rings. The first-order valence-corrected chi connectivity index (χ1v) is 14.7. The fraction of sp³-hybridized carbons (Fsp3) is 0.455. The van der Waals surface area contributed by atoms with Gasteiger partial charge in [0.25, 0.3) is 11.4 Å². The van der Waals surface area contributed by atoms with Gasteiger partial charge in [-0.05, 0) is 25.0 Å². The fourth-order valence-electron chi connectivity index (χ4n) is 3.96. The number of ether oxygens (including phenoxy) is 1. The number of para-hydroxylation sites is 2. The zero-order valence-electron chi connectivity index (χ0n) is 20.5. The first kappa shape index (κ1) is 29.5. The molecule has 0 bridgehead atoms. The molecule has 0 spiro atoms. The quantitative estimate of drug-likeness (QED) is 0.395. The maximum absolute atomic E-state index is 13.3. The fourth-order valence-corrected chi connectivity index (χ4v) is 7.23. The number of sulfonamides is 2. The Balaban J connectivity index is 1.77. The summed E-state index contributed by atoms with van der Waals surface area (Å²) in [6.07, 6.45) is 0.635. The molecular formula is C22H29N5O9S2. The largest absolute Gasteiger partial charge is 0.381 e. The van der Waals surface area contributed by atoms with E-state index in [4.69, 9.17) is 4.74 Å². The Hall–Kier alpha value is -3.02. The van der Waals surface area contributed by atoms with E-state index in [0.717, 1.165) is 20.7 Å². The highest BCUT2D eigenvalue weighted by molar-refractivity contribution is 7.89. The lowest BCUT2D eigenvalue weighted by Crippen LogP contribution is -2.42. The molecule has 0 aliphatic carbocycles. The molecule has 14 nitrogen and oxygen atoms in total. The summed E-state index contributed by atoms with van der Waals surface area (Å²) in [6.45, 7) is 0.764. The lowest BCUT2D eigenvalue weighted by Gasteiger charge is -2.25. The van der Waals surface area contributed by atoms with Crippen LogP contribution in [0.2, 0.25) is 0 Å². The molecule has 1 fully saturated rings. The number of rotatable bonds is 6. The Morgan fingerprint density at radius 3 is 1.47 bits per heavy atom. The molecule has 0 radical (unpaired) electrons. The van der Waals surface area contributed by atoms with Gasteiger partial charge >= 0.3 is 0 Å². The molecule has 1 heterocycles. The van der Waals surface area contributed by atoms with Crippen LogP contribution in [0.1, 0.15) is 12.8 Å². The molecule has 208 valence electrons. The summed E-state index contributed by atoms with van der Waals surface area (Å²) in [5, 5.41) is 25.8. The summed E-state index contributed by atoms with van der Waals surface area (Å²) in [4.78, 5) is 20.5. The maximum atomic E-state index is 13.3. The summed E-state index contributed by atoms with van der Waals surface area (Å²) >= 11 is 0. The zero-order valence-corrected chi connectivity index (χ0v) is 22.1. The molecule has 0 amide bonds. The molecule has 3 rings (SSSR count). The van der Waals surface area contributed by atoms with E-state index in [9.17, 15) is 37.1 Å². The predicted octanol–water partition coefficient (Wildman–Crippen LogP) is 1.58. The van der Waals surface area contributed by atoms with E-state index in [1.807, 2.05) is 0 Å². The van der Waals surface area contributed by atoms with Gasteiger partial charge in [-0.3, -0.25) is 20.2 Å². The third-order valence-electron chi connectivity index (χ3n) is 5.83. The van der Waals surface area contributed by atoms with Crippen molar-refractivity contribution in [1.29, 1.82) is 0 Å².